The smallest absolute Gasteiger partial charge is 0.337 e. The number of aromatic nitrogens is 2. The van der Waals surface area contributed by atoms with Gasteiger partial charge in [0, 0.05) is 16.4 Å². The van der Waals surface area contributed by atoms with Gasteiger partial charge in [-0.2, -0.15) is 0 Å². The van der Waals surface area contributed by atoms with Crippen molar-refractivity contribution in [3.05, 3.63) is 97.0 Å². The van der Waals surface area contributed by atoms with E-state index in [1.807, 2.05) is 37.3 Å². The van der Waals surface area contributed by atoms with Crippen molar-refractivity contribution in [2.24, 2.45) is 0 Å². The van der Waals surface area contributed by atoms with E-state index in [1.54, 1.807) is 30.3 Å². The van der Waals surface area contributed by atoms with Crippen LogP contribution in [0.4, 0.5) is 0 Å². The lowest BCUT2D eigenvalue weighted by Gasteiger charge is -2.12. The van der Waals surface area contributed by atoms with Crippen LogP contribution in [0, 0.1) is 6.92 Å². The molecule has 0 atom stereocenters. The lowest BCUT2D eigenvalue weighted by atomic mass is 10.1. The molecule has 0 fully saturated rings. The maximum Gasteiger partial charge on any atom is 0.337 e. The maximum absolute atomic E-state index is 13.3. The molecule has 2 aromatic carbocycles. The zero-order valence-electron chi connectivity index (χ0n) is 16.8. The quantitative estimate of drug-likeness (QED) is 0.485. The van der Waals surface area contributed by atoms with Crippen molar-refractivity contribution >= 4 is 39.1 Å². The van der Waals surface area contributed by atoms with E-state index in [0.29, 0.717) is 33.9 Å². The van der Waals surface area contributed by atoms with Crippen LogP contribution >= 0.6 is 22.9 Å². The molecule has 0 unspecified atom stereocenters. The van der Waals surface area contributed by atoms with E-state index in [4.69, 9.17) is 11.6 Å². The van der Waals surface area contributed by atoms with E-state index >= 15 is 0 Å². The monoisotopic (exact) mass is 453 g/mol. The van der Waals surface area contributed by atoms with Gasteiger partial charge in [0.1, 0.15) is 11.4 Å². The van der Waals surface area contributed by atoms with Crippen LogP contribution < -0.4 is 16.6 Å². The first-order valence-corrected chi connectivity index (χ1v) is 11.0. The van der Waals surface area contributed by atoms with E-state index in [0.717, 1.165) is 15.0 Å². The minimum Gasteiger partial charge on any atom is -0.354 e. The van der Waals surface area contributed by atoms with Crippen LogP contribution in [0.5, 0.6) is 0 Å². The van der Waals surface area contributed by atoms with Gasteiger partial charge in [-0.1, -0.05) is 48.0 Å². The van der Waals surface area contributed by atoms with Gasteiger partial charge in [0.25, 0.3) is 5.56 Å². The summed E-state index contributed by atoms with van der Waals surface area (Å²) in [5.41, 5.74) is 0.490. The predicted molar refractivity (Wildman–Crippen MR) is 125 cm³/mol. The number of carbonyl (C=O) groups is 1. The van der Waals surface area contributed by atoms with Crippen LogP contribution in [0.2, 0.25) is 5.02 Å². The number of nitrogens with zero attached hydrogens (tertiary/aromatic N) is 2. The fraction of sp³-hybridized carbons (Fsp3) is 0.174. The summed E-state index contributed by atoms with van der Waals surface area (Å²) >= 11 is 7.39. The van der Waals surface area contributed by atoms with Crippen molar-refractivity contribution in [1.29, 1.82) is 0 Å². The zero-order chi connectivity index (χ0) is 22.0. The van der Waals surface area contributed by atoms with E-state index in [9.17, 15) is 14.4 Å². The minimum atomic E-state index is -0.570. The number of rotatable bonds is 6. The molecule has 2 heterocycles. The Bertz CT molecular complexity index is 1370. The first-order chi connectivity index (χ1) is 14.9. The van der Waals surface area contributed by atoms with Crippen LogP contribution in [0.25, 0.3) is 15.9 Å². The Morgan fingerprint density at radius 2 is 1.84 bits per heavy atom. The summed E-state index contributed by atoms with van der Waals surface area (Å²) < 4.78 is 2.42. The number of halogens is 1. The standard InChI is InChI=1S/C23H20ClN3O3S/c1-15-12-19-21(29)27(18-9-5-8-17(24)13-18)23(30)26(22(19)31-15)14-20(28)25-11-10-16-6-3-2-4-7-16/h2-9,12-13H,10-11,14H2,1H3,(H,25,28). The Morgan fingerprint density at radius 1 is 1.06 bits per heavy atom. The van der Waals surface area contributed by atoms with E-state index in [1.165, 1.54) is 15.9 Å². The number of hydrogen-bond donors (Lipinski definition) is 1. The Hall–Kier alpha value is -3.16. The highest BCUT2D eigenvalue weighted by atomic mass is 35.5. The lowest BCUT2D eigenvalue weighted by Crippen LogP contribution is -2.41. The van der Waals surface area contributed by atoms with E-state index in [-0.39, 0.29) is 12.5 Å². The molecule has 2 aromatic heterocycles. The average Bonchev–Trinajstić information content (AvgIpc) is 3.14. The number of nitrogens with one attached hydrogen (secondary N) is 1. The van der Waals surface area contributed by atoms with Gasteiger partial charge >= 0.3 is 5.69 Å². The van der Waals surface area contributed by atoms with Gasteiger partial charge < -0.3 is 5.32 Å². The number of carbonyl (C=O) groups excluding carboxylic acids is 1. The molecule has 0 radical (unpaired) electrons. The van der Waals surface area contributed by atoms with Crippen LogP contribution in [-0.2, 0) is 17.8 Å². The second-order valence-corrected chi connectivity index (χ2v) is 8.82. The van der Waals surface area contributed by atoms with Gasteiger partial charge in [-0.15, -0.1) is 11.3 Å². The van der Waals surface area contributed by atoms with Gasteiger partial charge in [0.15, 0.2) is 0 Å². The number of hydrogen-bond acceptors (Lipinski definition) is 4. The number of thiophene rings is 1. The first kappa shape index (κ1) is 21.1. The van der Waals surface area contributed by atoms with Gasteiger partial charge in [-0.05, 0) is 43.2 Å². The maximum atomic E-state index is 13.3. The number of amides is 1. The molecular formula is C23H20ClN3O3S. The Morgan fingerprint density at radius 3 is 2.58 bits per heavy atom. The molecule has 6 nitrogen and oxygen atoms in total. The highest BCUT2D eigenvalue weighted by Crippen LogP contribution is 2.22. The summed E-state index contributed by atoms with van der Waals surface area (Å²) in [6.07, 6.45) is 0.691. The predicted octanol–water partition coefficient (Wildman–Crippen LogP) is 3.53. The van der Waals surface area contributed by atoms with Crippen LogP contribution in [0.15, 0.2) is 70.3 Å². The van der Waals surface area contributed by atoms with Crippen molar-refractivity contribution in [3.63, 3.8) is 0 Å². The van der Waals surface area contributed by atoms with Crippen LogP contribution in [0.1, 0.15) is 10.4 Å². The summed E-state index contributed by atoms with van der Waals surface area (Å²) in [5, 5.41) is 3.67. The molecule has 8 heteroatoms. The normalized spacial score (nSPS) is 11.0. The van der Waals surface area contributed by atoms with Crippen LogP contribution in [0.3, 0.4) is 0 Å². The molecule has 0 aliphatic heterocycles. The SMILES string of the molecule is Cc1cc2c(=O)n(-c3cccc(Cl)c3)c(=O)n(CC(=O)NCCc3ccccc3)c2s1. The summed E-state index contributed by atoms with van der Waals surface area (Å²) in [5.74, 6) is -0.290. The first-order valence-electron chi connectivity index (χ1n) is 9.76. The molecular weight excluding hydrogens is 434 g/mol. The van der Waals surface area contributed by atoms with Crippen molar-refractivity contribution < 1.29 is 4.79 Å². The third-order valence-electron chi connectivity index (χ3n) is 4.88. The fourth-order valence-corrected chi connectivity index (χ4v) is 4.62. The molecule has 0 saturated carbocycles. The minimum absolute atomic E-state index is 0.176. The van der Waals surface area contributed by atoms with E-state index < -0.39 is 11.2 Å². The zero-order valence-corrected chi connectivity index (χ0v) is 18.4. The Balaban J connectivity index is 1.67. The van der Waals surface area contributed by atoms with Gasteiger partial charge in [-0.3, -0.25) is 14.2 Å². The van der Waals surface area contributed by atoms with Crippen molar-refractivity contribution in [2.45, 2.75) is 19.9 Å². The summed E-state index contributed by atoms with van der Waals surface area (Å²) in [4.78, 5) is 40.3. The molecule has 1 N–H and O–H groups in total. The third-order valence-corrected chi connectivity index (χ3v) is 6.19. The molecule has 4 aromatic rings. The van der Waals surface area contributed by atoms with Crippen molar-refractivity contribution in [2.75, 3.05) is 6.54 Å². The lowest BCUT2D eigenvalue weighted by molar-refractivity contribution is -0.121. The molecule has 0 saturated heterocycles. The molecule has 0 aliphatic carbocycles. The number of aryl methyl sites for hydroxylation is 1. The molecule has 0 aliphatic rings. The summed E-state index contributed by atoms with van der Waals surface area (Å²) in [7, 11) is 0. The molecule has 31 heavy (non-hydrogen) atoms. The second-order valence-electron chi connectivity index (χ2n) is 7.15. The average molecular weight is 454 g/mol. The summed E-state index contributed by atoms with van der Waals surface area (Å²) in [6, 6.07) is 18.1. The third kappa shape index (κ3) is 4.47. The molecule has 0 spiro atoms. The van der Waals surface area contributed by atoms with Gasteiger partial charge in [0.05, 0.1) is 11.1 Å². The number of benzene rings is 2. The Kier molecular flexibility index (Phi) is 6.06. The molecule has 158 valence electrons. The Labute approximate surface area is 187 Å². The largest absolute Gasteiger partial charge is 0.354 e. The van der Waals surface area contributed by atoms with Gasteiger partial charge in [0.2, 0.25) is 5.91 Å². The topological polar surface area (TPSA) is 73.1 Å². The second kappa shape index (κ2) is 8.91. The number of fused-ring (bicyclic) bond motifs is 1. The van der Waals surface area contributed by atoms with Crippen molar-refractivity contribution in [3.8, 4) is 5.69 Å². The summed E-state index contributed by atoms with van der Waals surface area (Å²) in [6.45, 7) is 2.14. The molecule has 4 rings (SSSR count). The fourth-order valence-electron chi connectivity index (χ4n) is 3.44. The van der Waals surface area contributed by atoms with Gasteiger partial charge in [-0.25, -0.2) is 9.36 Å². The van der Waals surface area contributed by atoms with Crippen LogP contribution in [-0.4, -0.2) is 21.6 Å². The van der Waals surface area contributed by atoms with Crippen molar-refractivity contribution in [1.82, 2.24) is 14.5 Å². The molecule has 1 amide bonds. The molecule has 0 bridgehead atoms. The highest BCUT2D eigenvalue weighted by molar-refractivity contribution is 7.18. The highest BCUT2D eigenvalue weighted by Gasteiger charge is 2.18. The van der Waals surface area contributed by atoms with E-state index in [2.05, 4.69) is 5.32 Å².